The van der Waals surface area contributed by atoms with Crippen molar-refractivity contribution in [2.45, 2.75) is 39.2 Å². The molecular formula is C26H32N4O3. The topological polar surface area (TPSA) is 88.2 Å². The Kier molecular flexibility index (Phi) is 6.79. The molecule has 2 amide bonds. The van der Waals surface area contributed by atoms with E-state index >= 15 is 0 Å². The van der Waals surface area contributed by atoms with Crippen molar-refractivity contribution in [3.63, 3.8) is 0 Å². The van der Waals surface area contributed by atoms with Gasteiger partial charge >= 0.3 is 0 Å². The molecule has 2 N–H and O–H groups in total. The molecule has 0 aliphatic carbocycles. The van der Waals surface area contributed by atoms with Gasteiger partial charge in [-0.3, -0.25) is 14.5 Å². The second kappa shape index (κ2) is 9.75. The molecule has 174 valence electrons. The molecule has 7 nitrogen and oxygen atoms in total. The third-order valence-corrected chi connectivity index (χ3v) is 6.69. The van der Waals surface area contributed by atoms with Crippen molar-refractivity contribution in [2.24, 2.45) is 16.8 Å². The highest BCUT2D eigenvalue weighted by atomic mass is 16.5. The maximum atomic E-state index is 13.4. The number of ether oxygens (including phenoxy) is 1. The number of piperidine rings is 1. The lowest BCUT2D eigenvalue weighted by atomic mass is 9.95. The van der Waals surface area contributed by atoms with E-state index in [2.05, 4.69) is 36.9 Å². The fourth-order valence-corrected chi connectivity index (χ4v) is 4.79. The van der Waals surface area contributed by atoms with Crippen molar-refractivity contribution in [1.29, 1.82) is 0 Å². The minimum Gasteiger partial charge on any atom is -0.497 e. The Bertz CT molecular complexity index is 1070. The number of hydrogen-bond donors (Lipinski definition) is 1. The van der Waals surface area contributed by atoms with Crippen LogP contribution in [0.5, 0.6) is 5.75 Å². The molecule has 2 heterocycles. The van der Waals surface area contributed by atoms with Gasteiger partial charge in [-0.1, -0.05) is 35.9 Å². The number of rotatable bonds is 6. The highest BCUT2D eigenvalue weighted by Crippen LogP contribution is 2.35. The Hall–Kier alpha value is -3.19. The number of nitrogens with zero attached hydrogens (tertiary/aromatic N) is 3. The lowest BCUT2D eigenvalue weighted by Crippen LogP contribution is -2.44. The van der Waals surface area contributed by atoms with E-state index in [0.29, 0.717) is 32.4 Å². The summed E-state index contributed by atoms with van der Waals surface area (Å²) in [6.45, 7) is 5.80. The number of likely N-dealkylation sites (tertiary alicyclic amines) is 1. The van der Waals surface area contributed by atoms with Gasteiger partial charge in [0.25, 0.3) is 5.91 Å². The summed E-state index contributed by atoms with van der Waals surface area (Å²) in [5, 5.41) is 6.47. The lowest BCUT2D eigenvalue weighted by molar-refractivity contribution is -0.134. The number of primary amides is 1. The van der Waals surface area contributed by atoms with Crippen LogP contribution in [0.15, 0.2) is 47.6 Å². The summed E-state index contributed by atoms with van der Waals surface area (Å²) in [5.74, 6) is 0.372. The third-order valence-electron chi connectivity index (χ3n) is 6.69. The van der Waals surface area contributed by atoms with Crippen LogP contribution in [0.4, 0.5) is 0 Å². The molecule has 0 radical (unpaired) electrons. The van der Waals surface area contributed by atoms with Gasteiger partial charge in [-0.25, -0.2) is 5.01 Å². The molecule has 0 bridgehead atoms. The molecule has 1 fully saturated rings. The van der Waals surface area contributed by atoms with Crippen LogP contribution in [0.2, 0.25) is 0 Å². The molecular weight excluding hydrogens is 416 g/mol. The molecule has 2 aromatic rings. The summed E-state index contributed by atoms with van der Waals surface area (Å²) in [5.41, 5.74) is 10.8. The molecule has 0 spiro atoms. The van der Waals surface area contributed by atoms with Crippen molar-refractivity contribution in [1.82, 2.24) is 9.91 Å². The summed E-state index contributed by atoms with van der Waals surface area (Å²) < 4.78 is 5.42. The van der Waals surface area contributed by atoms with Crippen molar-refractivity contribution >= 4 is 17.5 Å². The van der Waals surface area contributed by atoms with E-state index in [9.17, 15) is 9.59 Å². The maximum Gasteiger partial charge on any atom is 0.257 e. The van der Waals surface area contributed by atoms with Crippen LogP contribution in [0.25, 0.3) is 0 Å². The highest BCUT2D eigenvalue weighted by molar-refractivity contribution is 6.04. The predicted octanol–water partition coefficient (Wildman–Crippen LogP) is 3.19. The first kappa shape index (κ1) is 23.0. The van der Waals surface area contributed by atoms with Gasteiger partial charge in [0.05, 0.1) is 25.4 Å². The van der Waals surface area contributed by atoms with E-state index < -0.39 is 0 Å². The number of hydrazone groups is 1. The Morgan fingerprint density at radius 3 is 2.55 bits per heavy atom. The zero-order valence-electron chi connectivity index (χ0n) is 19.6. The van der Waals surface area contributed by atoms with E-state index in [1.165, 1.54) is 5.56 Å². The number of methoxy groups -OCH3 is 1. The Morgan fingerprint density at radius 2 is 1.88 bits per heavy atom. The van der Waals surface area contributed by atoms with Gasteiger partial charge in [0.1, 0.15) is 5.75 Å². The van der Waals surface area contributed by atoms with Gasteiger partial charge in [-0.2, -0.15) is 5.10 Å². The van der Waals surface area contributed by atoms with Crippen LogP contribution in [0.1, 0.15) is 47.6 Å². The SMILES string of the molecule is COc1cccc([C@H]2CC(c3ccc(C)cc3C)=NN2C(=O)CN2CCC(C(N)=O)CC2)c1. The number of nitrogens with two attached hydrogens (primary N) is 1. The van der Waals surface area contributed by atoms with Gasteiger partial charge in [0.15, 0.2) is 0 Å². The number of amides is 2. The third kappa shape index (κ3) is 5.09. The summed E-state index contributed by atoms with van der Waals surface area (Å²) in [6.07, 6.45) is 2.03. The number of carbonyl (C=O) groups is 2. The van der Waals surface area contributed by atoms with Gasteiger partial charge < -0.3 is 10.5 Å². The molecule has 1 saturated heterocycles. The molecule has 7 heteroatoms. The average Bonchev–Trinajstić information content (AvgIpc) is 3.25. The van der Waals surface area contributed by atoms with Gasteiger partial charge in [0.2, 0.25) is 5.91 Å². The predicted molar refractivity (Wildman–Crippen MR) is 128 cm³/mol. The number of hydrogen-bond acceptors (Lipinski definition) is 5. The smallest absolute Gasteiger partial charge is 0.257 e. The molecule has 2 aliphatic rings. The van der Waals surface area contributed by atoms with Gasteiger partial charge in [-0.15, -0.1) is 0 Å². The summed E-state index contributed by atoms with van der Waals surface area (Å²) in [6, 6.07) is 14.0. The van der Waals surface area contributed by atoms with Crippen molar-refractivity contribution < 1.29 is 14.3 Å². The van der Waals surface area contributed by atoms with E-state index in [0.717, 1.165) is 28.2 Å². The zero-order chi connectivity index (χ0) is 23.5. The van der Waals surface area contributed by atoms with Crippen molar-refractivity contribution in [3.8, 4) is 5.75 Å². The van der Waals surface area contributed by atoms with Crippen LogP contribution >= 0.6 is 0 Å². The van der Waals surface area contributed by atoms with E-state index in [1.807, 2.05) is 24.3 Å². The molecule has 2 aromatic carbocycles. The van der Waals surface area contributed by atoms with Crippen LogP contribution in [-0.2, 0) is 9.59 Å². The molecule has 0 saturated carbocycles. The molecule has 0 unspecified atom stereocenters. The molecule has 33 heavy (non-hydrogen) atoms. The van der Waals surface area contributed by atoms with Crippen LogP contribution in [0, 0.1) is 19.8 Å². The highest BCUT2D eigenvalue weighted by Gasteiger charge is 2.35. The van der Waals surface area contributed by atoms with Gasteiger partial charge in [0, 0.05) is 17.9 Å². The van der Waals surface area contributed by atoms with Crippen LogP contribution in [0.3, 0.4) is 0 Å². The van der Waals surface area contributed by atoms with Crippen LogP contribution in [-0.4, -0.2) is 54.2 Å². The quantitative estimate of drug-likeness (QED) is 0.735. The Morgan fingerprint density at radius 1 is 1.12 bits per heavy atom. The molecule has 2 aliphatic heterocycles. The molecule has 0 aromatic heterocycles. The second-order valence-electron chi connectivity index (χ2n) is 9.05. The van der Waals surface area contributed by atoms with Crippen LogP contribution < -0.4 is 10.5 Å². The first-order chi connectivity index (χ1) is 15.9. The molecule has 4 rings (SSSR count). The van der Waals surface area contributed by atoms with Gasteiger partial charge in [-0.05, 0) is 63.0 Å². The molecule has 1 atom stereocenters. The first-order valence-corrected chi connectivity index (χ1v) is 11.5. The standard InChI is InChI=1S/C26H32N4O3/c1-17-7-8-22(18(2)13-17)23-15-24(20-5-4-6-21(14-20)33-3)30(28-23)25(31)16-29-11-9-19(10-12-29)26(27)32/h4-8,13-14,19,24H,9-12,15-16H2,1-3H3,(H2,27,32)/t24-/m1/s1. The largest absolute Gasteiger partial charge is 0.497 e. The fourth-order valence-electron chi connectivity index (χ4n) is 4.79. The minimum atomic E-state index is -0.249. The summed E-state index contributed by atoms with van der Waals surface area (Å²) >= 11 is 0. The lowest BCUT2D eigenvalue weighted by Gasteiger charge is -2.31. The second-order valence-corrected chi connectivity index (χ2v) is 9.05. The summed E-state index contributed by atoms with van der Waals surface area (Å²) in [7, 11) is 1.64. The maximum absolute atomic E-state index is 13.4. The van der Waals surface area contributed by atoms with E-state index in [4.69, 9.17) is 15.6 Å². The Balaban J connectivity index is 1.58. The van der Waals surface area contributed by atoms with Crippen molar-refractivity contribution in [3.05, 3.63) is 64.7 Å². The minimum absolute atomic E-state index is 0.0416. The fraction of sp³-hybridized carbons (Fsp3) is 0.423. The Labute approximate surface area is 195 Å². The zero-order valence-corrected chi connectivity index (χ0v) is 19.6. The normalized spacial score (nSPS) is 19.4. The van der Waals surface area contributed by atoms with E-state index in [1.54, 1.807) is 12.1 Å². The monoisotopic (exact) mass is 448 g/mol. The number of carbonyl (C=O) groups excluding carboxylic acids is 2. The number of aryl methyl sites for hydroxylation is 2. The van der Waals surface area contributed by atoms with E-state index in [-0.39, 0.29) is 30.3 Å². The number of benzene rings is 2. The first-order valence-electron chi connectivity index (χ1n) is 11.5. The average molecular weight is 449 g/mol. The van der Waals surface area contributed by atoms with Crippen molar-refractivity contribution in [2.75, 3.05) is 26.7 Å². The summed E-state index contributed by atoms with van der Waals surface area (Å²) in [4.78, 5) is 27.0.